The zero-order valence-corrected chi connectivity index (χ0v) is 21.7. The molecule has 0 aliphatic carbocycles. The van der Waals surface area contributed by atoms with E-state index in [2.05, 4.69) is 10.5 Å². The van der Waals surface area contributed by atoms with Gasteiger partial charge in [0.15, 0.2) is 6.61 Å². The first-order valence-electron chi connectivity index (χ1n) is 12.7. The van der Waals surface area contributed by atoms with Gasteiger partial charge in [-0.25, -0.2) is 15.0 Å². The minimum Gasteiger partial charge on any atom is -0.484 e. The molecular weight excluding hydrogens is 520 g/mol. The molecule has 5 aromatic carbocycles. The average molecular weight is 545 g/mol. The van der Waals surface area contributed by atoms with E-state index in [4.69, 9.17) is 14.2 Å². The van der Waals surface area contributed by atoms with Crippen LogP contribution in [-0.4, -0.2) is 30.7 Å². The van der Waals surface area contributed by atoms with E-state index in [1.807, 2.05) is 36.4 Å². The Balaban J connectivity index is 1.27. The molecule has 0 aromatic heterocycles. The molecule has 8 nitrogen and oxygen atoms in total. The summed E-state index contributed by atoms with van der Waals surface area (Å²) in [6.07, 6.45) is 1.32. The molecule has 0 aliphatic rings. The number of amides is 1. The Kier molecular flexibility index (Phi) is 8.42. The van der Waals surface area contributed by atoms with Gasteiger partial charge in [0.1, 0.15) is 17.2 Å². The molecule has 1 amide bonds. The molecule has 0 saturated heterocycles. The van der Waals surface area contributed by atoms with Crippen molar-refractivity contribution in [3.8, 4) is 17.2 Å². The number of carbonyl (C=O) groups excluding carboxylic acids is 3. The van der Waals surface area contributed by atoms with E-state index in [9.17, 15) is 14.4 Å². The van der Waals surface area contributed by atoms with Crippen molar-refractivity contribution in [1.29, 1.82) is 0 Å². The van der Waals surface area contributed by atoms with E-state index in [0.29, 0.717) is 22.4 Å². The number of carbonyl (C=O) groups is 3. The van der Waals surface area contributed by atoms with Crippen molar-refractivity contribution in [2.24, 2.45) is 5.10 Å². The molecule has 202 valence electrons. The van der Waals surface area contributed by atoms with Crippen LogP contribution in [0.4, 0.5) is 0 Å². The SMILES string of the molecule is O=C(COc1ccc2ccccc2c1)N/N=C\c1ccc(OC(=O)c2ccccc2)cc1OC(=O)c1ccccc1. The van der Waals surface area contributed by atoms with Crippen LogP contribution in [0.2, 0.25) is 0 Å². The van der Waals surface area contributed by atoms with Crippen molar-refractivity contribution < 1.29 is 28.6 Å². The zero-order valence-electron chi connectivity index (χ0n) is 21.7. The van der Waals surface area contributed by atoms with Gasteiger partial charge in [-0.05, 0) is 59.3 Å². The fourth-order valence-corrected chi connectivity index (χ4v) is 3.86. The summed E-state index contributed by atoms with van der Waals surface area (Å²) in [5.41, 5.74) is 3.47. The third-order valence-electron chi connectivity index (χ3n) is 5.90. The number of hydrazone groups is 1. The van der Waals surface area contributed by atoms with Crippen LogP contribution in [0.25, 0.3) is 10.8 Å². The second kappa shape index (κ2) is 12.9. The molecule has 0 atom stereocenters. The normalized spacial score (nSPS) is 10.7. The minimum atomic E-state index is -0.611. The second-order valence-corrected chi connectivity index (χ2v) is 8.80. The summed E-state index contributed by atoms with van der Waals surface area (Å²) >= 11 is 0. The summed E-state index contributed by atoms with van der Waals surface area (Å²) in [4.78, 5) is 37.6. The number of nitrogens with one attached hydrogen (secondary N) is 1. The van der Waals surface area contributed by atoms with Gasteiger partial charge in [0.05, 0.1) is 17.3 Å². The van der Waals surface area contributed by atoms with Crippen LogP contribution in [-0.2, 0) is 4.79 Å². The first kappa shape index (κ1) is 26.8. The molecule has 5 aromatic rings. The highest BCUT2D eigenvalue weighted by Crippen LogP contribution is 2.26. The van der Waals surface area contributed by atoms with Crippen molar-refractivity contribution in [2.45, 2.75) is 0 Å². The van der Waals surface area contributed by atoms with E-state index in [0.717, 1.165) is 10.8 Å². The number of benzene rings is 5. The fourth-order valence-electron chi connectivity index (χ4n) is 3.86. The third-order valence-corrected chi connectivity index (χ3v) is 5.90. The molecular formula is C33H24N2O6. The lowest BCUT2D eigenvalue weighted by molar-refractivity contribution is -0.123. The van der Waals surface area contributed by atoms with E-state index in [1.54, 1.807) is 72.8 Å². The molecule has 0 saturated carbocycles. The summed E-state index contributed by atoms with van der Waals surface area (Å²) in [5.74, 6) is -0.850. The standard InChI is InChI=1S/C33H24N2O6/c36-31(22-39-28-17-15-23-9-7-8-14-26(23)19-28)35-34-21-27-16-18-29(40-32(37)24-10-3-1-4-11-24)20-30(27)41-33(38)25-12-5-2-6-13-25/h1-21H,22H2,(H,35,36)/b34-21-. The Bertz CT molecular complexity index is 1720. The number of esters is 2. The van der Waals surface area contributed by atoms with Crippen LogP contribution in [0.15, 0.2) is 126 Å². The van der Waals surface area contributed by atoms with Crippen LogP contribution < -0.4 is 19.6 Å². The maximum absolute atomic E-state index is 12.7. The summed E-state index contributed by atoms with van der Waals surface area (Å²) < 4.78 is 16.7. The predicted octanol–water partition coefficient (Wildman–Crippen LogP) is 5.81. The van der Waals surface area contributed by atoms with Gasteiger partial charge in [-0.3, -0.25) is 4.79 Å². The Morgan fingerprint density at radius 2 is 1.24 bits per heavy atom. The number of fused-ring (bicyclic) bond motifs is 1. The van der Waals surface area contributed by atoms with Crippen molar-refractivity contribution in [3.63, 3.8) is 0 Å². The molecule has 0 heterocycles. The first-order valence-corrected chi connectivity index (χ1v) is 12.7. The van der Waals surface area contributed by atoms with E-state index >= 15 is 0 Å². The molecule has 0 radical (unpaired) electrons. The van der Waals surface area contributed by atoms with Gasteiger partial charge in [0.2, 0.25) is 0 Å². The largest absolute Gasteiger partial charge is 0.484 e. The summed E-state index contributed by atoms with van der Waals surface area (Å²) in [7, 11) is 0. The van der Waals surface area contributed by atoms with Gasteiger partial charge < -0.3 is 14.2 Å². The lowest BCUT2D eigenvalue weighted by Crippen LogP contribution is -2.24. The average Bonchev–Trinajstić information content (AvgIpc) is 3.01. The molecule has 0 unspecified atom stereocenters. The topological polar surface area (TPSA) is 103 Å². The highest BCUT2D eigenvalue weighted by molar-refractivity contribution is 5.94. The smallest absolute Gasteiger partial charge is 0.343 e. The van der Waals surface area contributed by atoms with Crippen LogP contribution in [0.5, 0.6) is 17.2 Å². The van der Waals surface area contributed by atoms with Gasteiger partial charge in [-0.15, -0.1) is 0 Å². The number of rotatable bonds is 9. The summed E-state index contributed by atoms with van der Waals surface area (Å²) in [6, 6.07) is 34.8. The quantitative estimate of drug-likeness (QED) is 0.109. The van der Waals surface area contributed by atoms with Crippen LogP contribution in [0.1, 0.15) is 26.3 Å². The first-order chi connectivity index (χ1) is 20.0. The molecule has 0 bridgehead atoms. The van der Waals surface area contributed by atoms with Crippen LogP contribution in [0, 0.1) is 0 Å². The number of nitrogens with zero attached hydrogens (tertiary/aromatic N) is 1. The molecule has 8 heteroatoms. The zero-order chi connectivity index (χ0) is 28.4. The van der Waals surface area contributed by atoms with Gasteiger partial charge in [-0.1, -0.05) is 66.7 Å². The highest BCUT2D eigenvalue weighted by Gasteiger charge is 2.15. The predicted molar refractivity (Wildman–Crippen MR) is 154 cm³/mol. The molecule has 5 rings (SSSR count). The van der Waals surface area contributed by atoms with Crippen LogP contribution >= 0.6 is 0 Å². The Labute approximate surface area is 235 Å². The van der Waals surface area contributed by atoms with Gasteiger partial charge in [0.25, 0.3) is 5.91 Å². The monoisotopic (exact) mass is 544 g/mol. The third kappa shape index (κ3) is 7.21. The maximum Gasteiger partial charge on any atom is 0.343 e. The van der Waals surface area contributed by atoms with Gasteiger partial charge >= 0.3 is 11.9 Å². The number of hydrogen-bond donors (Lipinski definition) is 1. The Morgan fingerprint density at radius 1 is 0.634 bits per heavy atom. The Hall–Kier alpha value is -5.76. The minimum absolute atomic E-state index is 0.0858. The second-order valence-electron chi connectivity index (χ2n) is 8.80. The summed E-state index contributed by atoms with van der Waals surface area (Å²) in [5, 5.41) is 6.05. The molecule has 0 aliphatic heterocycles. The summed E-state index contributed by atoms with van der Waals surface area (Å²) in [6.45, 7) is -0.250. The number of hydrogen-bond acceptors (Lipinski definition) is 7. The number of ether oxygens (including phenoxy) is 3. The van der Waals surface area contributed by atoms with Crippen molar-refractivity contribution in [2.75, 3.05) is 6.61 Å². The van der Waals surface area contributed by atoms with Crippen molar-refractivity contribution >= 4 is 34.8 Å². The van der Waals surface area contributed by atoms with Crippen LogP contribution in [0.3, 0.4) is 0 Å². The lowest BCUT2D eigenvalue weighted by atomic mass is 10.1. The fraction of sp³-hybridized carbons (Fsp3) is 0.0303. The van der Waals surface area contributed by atoms with Crippen molar-refractivity contribution in [1.82, 2.24) is 5.43 Å². The highest BCUT2D eigenvalue weighted by atomic mass is 16.5. The van der Waals surface area contributed by atoms with Gasteiger partial charge in [0, 0.05) is 11.6 Å². The molecule has 0 spiro atoms. The molecule has 1 N–H and O–H groups in total. The van der Waals surface area contributed by atoms with E-state index in [-0.39, 0.29) is 18.1 Å². The Morgan fingerprint density at radius 3 is 1.95 bits per heavy atom. The molecule has 41 heavy (non-hydrogen) atoms. The lowest BCUT2D eigenvalue weighted by Gasteiger charge is -2.11. The van der Waals surface area contributed by atoms with E-state index in [1.165, 1.54) is 18.3 Å². The molecule has 0 fully saturated rings. The van der Waals surface area contributed by atoms with Gasteiger partial charge in [-0.2, -0.15) is 5.10 Å². The maximum atomic E-state index is 12.7. The van der Waals surface area contributed by atoms with Crippen molar-refractivity contribution in [3.05, 3.63) is 138 Å². The van der Waals surface area contributed by atoms with E-state index < -0.39 is 17.8 Å².